The molecule has 2 saturated heterocycles. The van der Waals surface area contributed by atoms with Gasteiger partial charge in [0.15, 0.2) is 0 Å². The van der Waals surface area contributed by atoms with Crippen LogP contribution in [0.2, 0.25) is 0 Å². The van der Waals surface area contributed by atoms with Crippen molar-refractivity contribution >= 4 is 23.8 Å². The molecule has 0 aromatic carbocycles. The normalized spacial score (nSPS) is 33.6. The summed E-state index contributed by atoms with van der Waals surface area (Å²) in [6.45, 7) is 9.88. The molecule has 2 heterocycles. The summed E-state index contributed by atoms with van der Waals surface area (Å²) >= 11 is 1.59. The summed E-state index contributed by atoms with van der Waals surface area (Å²) in [6, 6.07) is -0.785. The van der Waals surface area contributed by atoms with Crippen LogP contribution < -0.4 is 0 Å². The maximum Gasteiger partial charge on any atom is 0.327 e. The van der Waals surface area contributed by atoms with Gasteiger partial charge in [-0.1, -0.05) is 27.7 Å². The largest absolute Gasteiger partial charge is 0.480 e. The molecule has 4 atom stereocenters. The molecule has 2 amide bonds. The van der Waals surface area contributed by atoms with Crippen molar-refractivity contribution < 1.29 is 14.7 Å². The second kappa shape index (κ2) is 6.46. The molecule has 5 nitrogen and oxygen atoms in total. The third kappa shape index (κ3) is 3.47. The number of likely N-dealkylation sites (tertiary alicyclic amines) is 1. The highest BCUT2D eigenvalue weighted by Gasteiger charge is 2.45. The average Bonchev–Trinajstić information content (AvgIpc) is 2.81. The molecular weight excluding hydrogens is 288 g/mol. The molecule has 2 fully saturated rings. The van der Waals surface area contributed by atoms with E-state index in [9.17, 15) is 14.7 Å². The van der Waals surface area contributed by atoms with E-state index in [1.54, 1.807) is 16.7 Å². The number of carbonyl (C=O) groups is 2. The second-order valence-electron chi connectivity index (χ2n) is 6.86. The number of thioether (sulfide) groups is 1. The maximum atomic E-state index is 12.9. The first kappa shape index (κ1) is 16.5. The van der Waals surface area contributed by atoms with E-state index in [0.717, 1.165) is 19.5 Å². The first-order chi connectivity index (χ1) is 9.81. The molecule has 0 bridgehead atoms. The van der Waals surface area contributed by atoms with Gasteiger partial charge in [0.25, 0.3) is 0 Å². The van der Waals surface area contributed by atoms with Gasteiger partial charge in [0.2, 0.25) is 0 Å². The number of carboxylic acid groups (broad SMARTS) is 1. The third-order valence-corrected chi connectivity index (χ3v) is 5.87. The Kier molecular flexibility index (Phi) is 5.07. The topological polar surface area (TPSA) is 60.9 Å². The van der Waals surface area contributed by atoms with E-state index in [0.29, 0.717) is 17.6 Å². The first-order valence-corrected chi connectivity index (χ1v) is 8.77. The fourth-order valence-corrected chi connectivity index (χ4v) is 4.92. The minimum Gasteiger partial charge on any atom is -0.480 e. The molecule has 0 spiro atoms. The zero-order valence-electron chi connectivity index (χ0n) is 13.3. The van der Waals surface area contributed by atoms with Gasteiger partial charge in [-0.25, -0.2) is 9.59 Å². The Morgan fingerprint density at radius 3 is 2.24 bits per heavy atom. The SMILES string of the molecule is CC1CC(C)CN(C(=O)N2C(C(=O)O)CSC2C(C)C)C1. The lowest BCUT2D eigenvalue weighted by Gasteiger charge is -2.40. The lowest BCUT2D eigenvalue weighted by Crippen LogP contribution is -2.55. The monoisotopic (exact) mass is 314 g/mol. The lowest BCUT2D eigenvalue weighted by atomic mass is 9.92. The summed E-state index contributed by atoms with van der Waals surface area (Å²) < 4.78 is 0. The average molecular weight is 314 g/mol. The standard InChI is InChI=1S/C15H26N2O3S/c1-9(2)13-17(12(8-21-13)14(18)19)15(20)16-6-10(3)5-11(4)7-16/h9-13H,5-8H2,1-4H3,(H,18,19). The predicted octanol–water partition coefficient (Wildman–Crippen LogP) is 2.57. The highest BCUT2D eigenvalue weighted by atomic mass is 32.2. The molecule has 0 saturated carbocycles. The minimum absolute atomic E-state index is 0.0360. The summed E-state index contributed by atoms with van der Waals surface area (Å²) in [5.41, 5.74) is 0. The van der Waals surface area contributed by atoms with Crippen LogP contribution in [0.5, 0.6) is 0 Å². The van der Waals surface area contributed by atoms with Crippen molar-refractivity contribution in [1.82, 2.24) is 9.80 Å². The Bertz CT molecular complexity index is 406. The van der Waals surface area contributed by atoms with Crippen molar-refractivity contribution in [3.63, 3.8) is 0 Å². The number of carboxylic acids is 1. The number of carbonyl (C=O) groups excluding carboxylic acids is 1. The number of amides is 2. The van der Waals surface area contributed by atoms with Crippen LogP contribution in [0.1, 0.15) is 34.1 Å². The Labute approximate surface area is 131 Å². The summed E-state index contributed by atoms with van der Waals surface area (Å²) in [7, 11) is 0. The summed E-state index contributed by atoms with van der Waals surface area (Å²) in [5, 5.41) is 9.37. The van der Waals surface area contributed by atoms with Crippen molar-refractivity contribution in [2.75, 3.05) is 18.8 Å². The molecular formula is C15H26N2O3S. The molecule has 4 unspecified atom stereocenters. The van der Waals surface area contributed by atoms with Crippen molar-refractivity contribution in [2.24, 2.45) is 17.8 Å². The summed E-state index contributed by atoms with van der Waals surface area (Å²) in [6.07, 6.45) is 1.13. The number of nitrogens with zero attached hydrogens (tertiary/aromatic N) is 2. The Morgan fingerprint density at radius 2 is 1.76 bits per heavy atom. The Hall–Kier alpha value is -0.910. The summed E-state index contributed by atoms with van der Waals surface area (Å²) in [4.78, 5) is 27.8. The number of urea groups is 1. The van der Waals surface area contributed by atoms with Crippen molar-refractivity contribution in [2.45, 2.75) is 45.5 Å². The second-order valence-corrected chi connectivity index (χ2v) is 8.01. The van der Waals surface area contributed by atoms with Crippen molar-refractivity contribution in [1.29, 1.82) is 0 Å². The van der Waals surface area contributed by atoms with Crippen LogP contribution >= 0.6 is 11.8 Å². The zero-order valence-corrected chi connectivity index (χ0v) is 14.1. The maximum absolute atomic E-state index is 12.9. The third-order valence-electron chi connectivity index (χ3n) is 4.25. The Balaban J connectivity index is 2.18. The number of aliphatic carboxylic acids is 1. The van der Waals surface area contributed by atoms with Crippen molar-refractivity contribution in [3.8, 4) is 0 Å². The van der Waals surface area contributed by atoms with Crippen LogP contribution in [0.15, 0.2) is 0 Å². The first-order valence-electron chi connectivity index (χ1n) is 7.72. The van der Waals surface area contributed by atoms with Gasteiger partial charge in [0.05, 0.1) is 5.37 Å². The smallest absolute Gasteiger partial charge is 0.327 e. The molecule has 2 rings (SSSR count). The fourth-order valence-electron chi connectivity index (χ4n) is 3.46. The number of piperidine rings is 1. The van der Waals surface area contributed by atoms with E-state index >= 15 is 0 Å². The van der Waals surface area contributed by atoms with E-state index < -0.39 is 12.0 Å². The molecule has 2 aliphatic rings. The number of hydrogen-bond acceptors (Lipinski definition) is 3. The van der Waals surface area contributed by atoms with Gasteiger partial charge >= 0.3 is 12.0 Å². The molecule has 0 radical (unpaired) electrons. The van der Waals surface area contributed by atoms with Gasteiger partial charge in [-0.15, -0.1) is 11.8 Å². The van der Waals surface area contributed by atoms with Crippen LogP contribution in [0, 0.1) is 17.8 Å². The molecule has 1 N–H and O–H groups in total. The Morgan fingerprint density at radius 1 is 1.19 bits per heavy atom. The minimum atomic E-state index is -0.892. The fraction of sp³-hybridized carbons (Fsp3) is 0.867. The van der Waals surface area contributed by atoms with Gasteiger partial charge < -0.3 is 10.0 Å². The van der Waals surface area contributed by atoms with Gasteiger partial charge in [0, 0.05) is 18.8 Å². The van der Waals surface area contributed by atoms with E-state index in [-0.39, 0.29) is 17.3 Å². The van der Waals surface area contributed by atoms with E-state index in [2.05, 4.69) is 13.8 Å². The van der Waals surface area contributed by atoms with Crippen LogP contribution in [-0.4, -0.2) is 57.2 Å². The number of rotatable bonds is 2. The van der Waals surface area contributed by atoms with Crippen LogP contribution in [-0.2, 0) is 4.79 Å². The summed E-state index contributed by atoms with van der Waals surface area (Å²) in [5.74, 6) is 0.811. The van der Waals surface area contributed by atoms with E-state index in [1.807, 2.05) is 18.7 Å². The van der Waals surface area contributed by atoms with Crippen LogP contribution in [0.4, 0.5) is 4.79 Å². The van der Waals surface area contributed by atoms with Gasteiger partial charge in [0.1, 0.15) is 6.04 Å². The lowest BCUT2D eigenvalue weighted by molar-refractivity contribution is -0.141. The quantitative estimate of drug-likeness (QED) is 0.851. The van der Waals surface area contributed by atoms with Gasteiger partial charge in [-0.2, -0.15) is 0 Å². The van der Waals surface area contributed by atoms with Gasteiger partial charge in [-0.05, 0) is 24.2 Å². The van der Waals surface area contributed by atoms with Crippen molar-refractivity contribution in [3.05, 3.63) is 0 Å². The molecule has 0 aromatic heterocycles. The highest BCUT2D eigenvalue weighted by molar-refractivity contribution is 8.00. The van der Waals surface area contributed by atoms with Crippen LogP contribution in [0.3, 0.4) is 0 Å². The van der Waals surface area contributed by atoms with Crippen LogP contribution in [0.25, 0.3) is 0 Å². The highest BCUT2D eigenvalue weighted by Crippen LogP contribution is 2.35. The molecule has 6 heteroatoms. The van der Waals surface area contributed by atoms with Gasteiger partial charge in [-0.3, -0.25) is 4.90 Å². The molecule has 120 valence electrons. The molecule has 0 aliphatic carbocycles. The van der Waals surface area contributed by atoms with E-state index in [1.165, 1.54) is 0 Å². The zero-order chi connectivity index (χ0) is 15.7. The molecule has 0 aromatic rings. The molecule has 2 aliphatic heterocycles. The number of hydrogen-bond donors (Lipinski definition) is 1. The molecule has 21 heavy (non-hydrogen) atoms. The predicted molar refractivity (Wildman–Crippen MR) is 84.3 cm³/mol. The van der Waals surface area contributed by atoms with E-state index in [4.69, 9.17) is 0 Å².